The van der Waals surface area contributed by atoms with Gasteiger partial charge in [-0.3, -0.25) is 0 Å². The molecule has 0 aliphatic carbocycles. The van der Waals surface area contributed by atoms with E-state index in [1.165, 1.54) is 0 Å². The summed E-state index contributed by atoms with van der Waals surface area (Å²) in [6.45, 7) is 9.20. The van der Waals surface area contributed by atoms with Crippen molar-refractivity contribution in [2.75, 3.05) is 0 Å². The van der Waals surface area contributed by atoms with Crippen LogP contribution in [0.3, 0.4) is 0 Å². The topological polar surface area (TPSA) is 0 Å². The van der Waals surface area contributed by atoms with E-state index in [2.05, 4.69) is 0 Å². The molecule has 0 saturated heterocycles. The van der Waals surface area contributed by atoms with Crippen molar-refractivity contribution in [3.8, 4) is 0 Å². The van der Waals surface area contributed by atoms with Gasteiger partial charge in [0.2, 0.25) is 0 Å². The zero-order valence-electron chi connectivity index (χ0n) is 7.29. The van der Waals surface area contributed by atoms with Crippen molar-refractivity contribution in [3.05, 3.63) is 0 Å². The molecule has 0 aromatic carbocycles. The fourth-order valence-corrected chi connectivity index (χ4v) is 0.594. The fraction of sp³-hybridized carbons (Fsp3) is 1.00. The Bertz CT molecular complexity index is 43.0. The molecule has 0 aromatic rings. The third-order valence-corrected chi connectivity index (χ3v) is 0.844. The van der Waals surface area contributed by atoms with Crippen LogP contribution in [0.4, 0.5) is 4.39 Å². The fourth-order valence-electron chi connectivity index (χ4n) is 0.594. The standard InChI is InChI=1S/C6H13F.C2H6/c1-4-5-6(2,3)7;1-2/h4-5H2,1-3H3;1-2H3. The van der Waals surface area contributed by atoms with Crippen molar-refractivity contribution < 1.29 is 4.39 Å². The molecule has 0 nitrogen and oxygen atoms in total. The molecule has 0 unspecified atom stereocenters. The van der Waals surface area contributed by atoms with E-state index in [-0.39, 0.29) is 0 Å². The molecule has 0 saturated carbocycles. The van der Waals surface area contributed by atoms with Gasteiger partial charge in [0.1, 0.15) is 5.67 Å². The molecule has 0 atom stereocenters. The first-order chi connectivity index (χ1) is 4.06. The molecular weight excluding hydrogens is 115 g/mol. The maximum Gasteiger partial charge on any atom is 0.105 e. The highest BCUT2D eigenvalue weighted by Crippen LogP contribution is 2.14. The van der Waals surface area contributed by atoms with Crippen LogP contribution in [-0.2, 0) is 0 Å². The highest BCUT2D eigenvalue weighted by atomic mass is 19.1. The van der Waals surface area contributed by atoms with Crippen LogP contribution in [0.15, 0.2) is 0 Å². The Morgan fingerprint density at radius 1 is 1.22 bits per heavy atom. The summed E-state index contributed by atoms with van der Waals surface area (Å²) in [6.07, 6.45) is 1.61. The molecule has 0 amide bonds. The van der Waals surface area contributed by atoms with Crippen molar-refractivity contribution in [2.45, 2.75) is 53.1 Å². The monoisotopic (exact) mass is 134 g/mol. The van der Waals surface area contributed by atoms with Crippen LogP contribution in [0.2, 0.25) is 0 Å². The smallest absolute Gasteiger partial charge is 0.105 e. The van der Waals surface area contributed by atoms with Crippen LogP contribution >= 0.6 is 0 Å². The maximum atomic E-state index is 12.4. The largest absolute Gasteiger partial charge is 0.245 e. The first-order valence-electron chi connectivity index (χ1n) is 3.75. The quantitative estimate of drug-likeness (QED) is 0.541. The van der Waals surface area contributed by atoms with Gasteiger partial charge in [0.05, 0.1) is 0 Å². The van der Waals surface area contributed by atoms with Gasteiger partial charge in [-0.1, -0.05) is 27.2 Å². The van der Waals surface area contributed by atoms with Crippen molar-refractivity contribution >= 4 is 0 Å². The number of hydrogen-bond acceptors (Lipinski definition) is 0. The van der Waals surface area contributed by atoms with Gasteiger partial charge < -0.3 is 0 Å². The molecule has 0 aromatic heterocycles. The Kier molecular flexibility index (Phi) is 7.87. The Hall–Kier alpha value is -0.0700. The average molecular weight is 134 g/mol. The predicted molar refractivity (Wildman–Crippen MR) is 41.4 cm³/mol. The van der Waals surface area contributed by atoms with Crippen LogP contribution < -0.4 is 0 Å². The lowest BCUT2D eigenvalue weighted by Crippen LogP contribution is -2.09. The molecule has 0 N–H and O–H groups in total. The van der Waals surface area contributed by atoms with Gasteiger partial charge in [0.25, 0.3) is 0 Å². The maximum absolute atomic E-state index is 12.4. The summed E-state index contributed by atoms with van der Waals surface area (Å²) in [5, 5.41) is 0. The highest BCUT2D eigenvalue weighted by Gasteiger charge is 2.11. The van der Waals surface area contributed by atoms with Crippen LogP contribution in [0.25, 0.3) is 0 Å². The van der Waals surface area contributed by atoms with E-state index >= 15 is 0 Å². The van der Waals surface area contributed by atoms with Gasteiger partial charge >= 0.3 is 0 Å². The second-order valence-electron chi connectivity index (χ2n) is 2.47. The molecule has 0 spiro atoms. The van der Waals surface area contributed by atoms with E-state index in [0.717, 1.165) is 6.42 Å². The lowest BCUT2D eigenvalue weighted by atomic mass is 10.1. The SMILES string of the molecule is CC.CCCC(C)(C)F. The Balaban J connectivity index is 0. The lowest BCUT2D eigenvalue weighted by molar-refractivity contribution is 0.200. The Labute approximate surface area is 58.5 Å². The summed E-state index contributed by atoms with van der Waals surface area (Å²) < 4.78 is 12.4. The summed E-state index contributed by atoms with van der Waals surface area (Å²) in [5.41, 5.74) is -0.950. The molecule has 0 bridgehead atoms. The molecule has 0 radical (unpaired) electrons. The molecule has 58 valence electrons. The first-order valence-corrected chi connectivity index (χ1v) is 3.75. The van der Waals surface area contributed by atoms with Gasteiger partial charge in [-0.25, -0.2) is 4.39 Å². The normalized spacial score (nSPS) is 10.0. The highest BCUT2D eigenvalue weighted by molar-refractivity contribution is 4.62. The number of halogens is 1. The van der Waals surface area contributed by atoms with Gasteiger partial charge in [-0.15, -0.1) is 0 Å². The third kappa shape index (κ3) is 18.1. The molecule has 9 heavy (non-hydrogen) atoms. The molecule has 0 fully saturated rings. The van der Waals surface area contributed by atoms with Crippen LogP contribution in [0.5, 0.6) is 0 Å². The summed E-state index contributed by atoms with van der Waals surface area (Å²) in [6, 6.07) is 0. The van der Waals surface area contributed by atoms with Crippen molar-refractivity contribution in [1.82, 2.24) is 0 Å². The van der Waals surface area contributed by atoms with Crippen molar-refractivity contribution in [3.63, 3.8) is 0 Å². The van der Waals surface area contributed by atoms with Crippen LogP contribution in [0.1, 0.15) is 47.5 Å². The first kappa shape index (κ1) is 11.7. The van der Waals surface area contributed by atoms with Gasteiger partial charge in [-0.05, 0) is 20.3 Å². The van der Waals surface area contributed by atoms with Crippen molar-refractivity contribution in [2.24, 2.45) is 0 Å². The number of hydrogen-bond donors (Lipinski definition) is 0. The molecule has 0 aliphatic heterocycles. The minimum absolute atomic E-state index is 0.674. The van der Waals surface area contributed by atoms with E-state index < -0.39 is 5.67 Å². The number of rotatable bonds is 2. The van der Waals surface area contributed by atoms with Gasteiger partial charge in [0, 0.05) is 0 Å². The molecule has 0 rings (SSSR count). The zero-order chi connectivity index (χ0) is 7.91. The molecule has 0 aliphatic rings. The van der Waals surface area contributed by atoms with Crippen molar-refractivity contribution in [1.29, 1.82) is 0 Å². The predicted octanol–water partition coefficient (Wildman–Crippen LogP) is 3.56. The molecular formula is C8H19F. The van der Waals surface area contributed by atoms with Crippen LogP contribution in [-0.4, -0.2) is 5.67 Å². The third-order valence-electron chi connectivity index (χ3n) is 0.844. The molecule has 1 heteroatoms. The van der Waals surface area contributed by atoms with Gasteiger partial charge in [-0.2, -0.15) is 0 Å². The van der Waals surface area contributed by atoms with E-state index in [1.54, 1.807) is 13.8 Å². The average Bonchev–Trinajstić information content (AvgIpc) is 1.69. The summed E-state index contributed by atoms with van der Waals surface area (Å²) >= 11 is 0. The Morgan fingerprint density at radius 2 is 1.56 bits per heavy atom. The number of alkyl halides is 1. The lowest BCUT2D eigenvalue weighted by Gasteiger charge is -2.10. The minimum atomic E-state index is -0.950. The summed E-state index contributed by atoms with van der Waals surface area (Å²) in [4.78, 5) is 0. The van der Waals surface area contributed by atoms with Crippen LogP contribution in [0, 0.1) is 0 Å². The van der Waals surface area contributed by atoms with Gasteiger partial charge in [0.15, 0.2) is 0 Å². The summed E-state index contributed by atoms with van der Waals surface area (Å²) in [5.74, 6) is 0. The van der Waals surface area contributed by atoms with E-state index in [1.807, 2.05) is 20.8 Å². The minimum Gasteiger partial charge on any atom is -0.245 e. The summed E-state index contributed by atoms with van der Waals surface area (Å²) in [7, 11) is 0. The second-order valence-corrected chi connectivity index (χ2v) is 2.47. The Morgan fingerprint density at radius 3 is 1.56 bits per heavy atom. The van der Waals surface area contributed by atoms with E-state index in [9.17, 15) is 4.39 Å². The van der Waals surface area contributed by atoms with E-state index in [4.69, 9.17) is 0 Å². The zero-order valence-corrected chi connectivity index (χ0v) is 7.29. The molecule has 0 heterocycles. The van der Waals surface area contributed by atoms with E-state index in [0.29, 0.717) is 6.42 Å². The second kappa shape index (κ2) is 6.06.